The van der Waals surface area contributed by atoms with Crippen molar-refractivity contribution in [3.8, 4) is 0 Å². The summed E-state index contributed by atoms with van der Waals surface area (Å²) in [6.45, 7) is 11.8. The predicted molar refractivity (Wildman–Crippen MR) is 119 cm³/mol. The third-order valence-corrected chi connectivity index (χ3v) is 5.74. The van der Waals surface area contributed by atoms with Gasteiger partial charge in [-0.2, -0.15) is 0 Å². The monoisotopic (exact) mass is 476 g/mol. The molecular formula is C21H36N2O8S. The van der Waals surface area contributed by atoms with Gasteiger partial charge in [-0.25, -0.2) is 9.59 Å². The lowest BCUT2D eigenvalue weighted by molar-refractivity contribution is -0.155. The maximum atomic E-state index is 12.7. The van der Waals surface area contributed by atoms with Gasteiger partial charge in [0.1, 0.15) is 6.04 Å². The van der Waals surface area contributed by atoms with Crippen LogP contribution in [0.4, 0.5) is 4.79 Å². The molecule has 1 N–H and O–H groups in total. The van der Waals surface area contributed by atoms with Gasteiger partial charge < -0.3 is 24.3 Å². The van der Waals surface area contributed by atoms with Gasteiger partial charge in [-0.3, -0.25) is 14.5 Å². The Kier molecular flexibility index (Phi) is 12.6. The second-order valence-electron chi connectivity index (χ2n) is 8.30. The van der Waals surface area contributed by atoms with Crippen molar-refractivity contribution in [2.45, 2.75) is 58.2 Å². The van der Waals surface area contributed by atoms with Gasteiger partial charge in [0.2, 0.25) is 12.7 Å². The molecule has 0 aromatic heterocycles. The van der Waals surface area contributed by atoms with Gasteiger partial charge in [0, 0.05) is 20.0 Å². The van der Waals surface area contributed by atoms with Crippen molar-refractivity contribution in [1.29, 1.82) is 0 Å². The third kappa shape index (κ3) is 11.1. The van der Waals surface area contributed by atoms with Crippen LogP contribution in [0.5, 0.6) is 0 Å². The number of thioether (sulfide) groups is 1. The molecule has 11 heteroatoms. The number of carbonyl (C=O) groups excluding carboxylic acids is 4. The topological polar surface area (TPSA) is 120 Å². The molecule has 1 atom stereocenters. The minimum Gasteiger partial charge on any atom is -0.464 e. The van der Waals surface area contributed by atoms with E-state index in [2.05, 4.69) is 10.2 Å². The summed E-state index contributed by atoms with van der Waals surface area (Å²) in [7, 11) is 0. The number of nitrogens with one attached hydrogen (secondary N) is 1. The molecule has 0 unspecified atom stereocenters. The Hall–Kier alpha value is -1.85. The smallest absolute Gasteiger partial charge is 0.370 e. The molecule has 1 rings (SSSR count). The van der Waals surface area contributed by atoms with E-state index >= 15 is 0 Å². The van der Waals surface area contributed by atoms with E-state index in [0.717, 1.165) is 39.3 Å². The summed E-state index contributed by atoms with van der Waals surface area (Å²) in [5, 5.41) is 1.82. The van der Waals surface area contributed by atoms with Crippen molar-refractivity contribution in [2.24, 2.45) is 5.92 Å². The quantitative estimate of drug-likeness (QED) is 0.254. The van der Waals surface area contributed by atoms with Gasteiger partial charge in [-0.1, -0.05) is 13.8 Å². The van der Waals surface area contributed by atoms with Crippen molar-refractivity contribution in [1.82, 2.24) is 10.2 Å². The van der Waals surface area contributed by atoms with Gasteiger partial charge in [0.15, 0.2) is 0 Å². The van der Waals surface area contributed by atoms with E-state index in [1.165, 1.54) is 6.92 Å². The van der Waals surface area contributed by atoms with Crippen LogP contribution in [-0.4, -0.2) is 85.1 Å². The molecule has 0 bridgehead atoms. The maximum absolute atomic E-state index is 12.7. The van der Waals surface area contributed by atoms with Crippen LogP contribution in [-0.2, 0) is 33.3 Å². The minimum absolute atomic E-state index is 0.218. The first kappa shape index (κ1) is 28.2. The van der Waals surface area contributed by atoms with Crippen molar-refractivity contribution >= 4 is 34.9 Å². The average Bonchev–Trinajstić information content (AvgIpc) is 2.71. The SMILES string of the molecule is CC(=O)N[C@@H](C(=O)OCCCCN1CCOCC1)C(C)(C)SC(=O)OCOC(=O)C(C)C. The molecule has 1 fully saturated rings. The molecule has 10 nitrogen and oxygen atoms in total. The van der Waals surface area contributed by atoms with Gasteiger partial charge in [-0.15, -0.1) is 0 Å². The fourth-order valence-corrected chi connectivity index (χ4v) is 3.65. The molecule has 1 amide bonds. The van der Waals surface area contributed by atoms with Crippen LogP contribution in [0.25, 0.3) is 0 Å². The zero-order chi connectivity index (χ0) is 24.1. The van der Waals surface area contributed by atoms with E-state index in [1.807, 2.05) is 0 Å². The van der Waals surface area contributed by atoms with Crippen LogP contribution in [0.15, 0.2) is 0 Å². The number of morpholine rings is 1. The Morgan fingerprint density at radius 1 is 1.03 bits per heavy atom. The molecule has 0 spiro atoms. The van der Waals surface area contributed by atoms with E-state index < -0.39 is 40.7 Å². The Morgan fingerprint density at radius 3 is 2.28 bits per heavy atom. The number of unbranched alkanes of at least 4 members (excludes halogenated alkanes) is 1. The number of amides is 1. The van der Waals surface area contributed by atoms with Gasteiger partial charge in [-0.05, 0) is 45.0 Å². The van der Waals surface area contributed by atoms with Crippen molar-refractivity contribution in [3.63, 3.8) is 0 Å². The Bertz CT molecular complexity index is 635. The Morgan fingerprint density at radius 2 is 1.69 bits per heavy atom. The highest BCUT2D eigenvalue weighted by atomic mass is 32.2. The summed E-state index contributed by atoms with van der Waals surface area (Å²) >= 11 is 0.716. The second-order valence-corrected chi connectivity index (χ2v) is 9.89. The first-order valence-electron chi connectivity index (χ1n) is 10.8. The van der Waals surface area contributed by atoms with Gasteiger partial charge >= 0.3 is 17.2 Å². The van der Waals surface area contributed by atoms with Crippen molar-refractivity contribution in [3.05, 3.63) is 0 Å². The first-order valence-corrected chi connectivity index (χ1v) is 11.6. The van der Waals surface area contributed by atoms with Gasteiger partial charge in [0.05, 0.1) is 30.5 Å². The fourth-order valence-electron chi connectivity index (χ4n) is 2.84. The molecule has 0 aromatic rings. The minimum atomic E-state index is -1.06. The van der Waals surface area contributed by atoms with E-state index in [0.29, 0.717) is 18.2 Å². The summed E-state index contributed by atoms with van der Waals surface area (Å²) in [5.74, 6) is -1.88. The van der Waals surface area contributed by atoms with Crippen LogP contribution >= 0.6 is 11.8 Å². The molecule has 1 heterocycles. The van der Waals surface area contributed by atoms with Crippen LogP contribution in [0.2, 0.25) is 0 Å². The number of hydrogen-bond donors (Lipinski definition) is 1. The first-order chi connectivity index (χ1) is 15.0. The van der Waals surface area contributed by atoms with Crippen LogP contribution in [0, 0.1) is 5.92 Å². The molecule has 1 saturated heterocycles. The van der Waals surface area contributed by atoms with Crippen LogP contribution in [0.3, 0.4) is 0 Å². The maximum Gasteiger partial charge on any atom is 0.370 e. The average molecular weight is 477 g/mol. The zero-order valence-corrected chi connectivity index (χ0v) is 20.5. The molecule has 0 saturated carbocycles. The molecule has 32 heavy (non-hydrogen) atoms. The zero-order valence-electron chi connectivity index (χ0n) is 19.6. The molecule has 1 aliphatic heterocycles. The van der Waals surface area contributed by atoms with Gasteiger partial charge in [0.25, 0.3) is 0 Å². The highest BCUT2D eigenvalue weighted by molar-refractivity contribution is 8.14. The third-order valence-electron chi connectivity index (χ3n) is 4.69. The lowest BCUT2D eigenvalue weighted by atomic mass is 10.0. The van der Waals surface area contributed by atoms with E-state index in [4.69, 9.17) is 18.9 Å². The highest BCUT2D eigenvalue weighted by Gasteiger charge is 2.40. The molecule has 0 aromatic carbocycles. The van der Waals surface area contributed by atoms with E-state index in [1.54, 1.807) is 27.7 Å². The second kappa shape index (κ2) is 14.3. The summed E-state index contributed by atoms with van der Waals surface area (Å²) in [6.07, 6.45) is 1.56. The van der Waals surface area contributed by atoms with E-state index in [-0.39, 0.29) is 12.5 Å². The lowest BCUT2D eigenvalue weighted by Gasteiger charge is -2.31. The molecule has 0 radical (unpaired) electrons. The summed E-state index contributed by atoms with van der Waals surface area (Å²) in [6, 6.07) is -1.06. The number of carbonyl (C=O) groups is 4. The summed E-state index contributed by atoms with van der Waals surface area (Å²) < 4.78 is 19.3. The number of hydrogen-bond acceptors (Lipinski definition) is 10. The largest absolute Gasteiger partial charge is 0.464 e. The molecule has 184 valence electrons. The fraction of sp³-hybridized carbons (Fsp3) is 0.810. The molecule has 1 aliphatic rings. The van der Waals surface area contributed by atoms with Crippen molar-refractivity contribution in [2.75, 3.05) is 46.2 Å². The summed E-state index contributed by atoms with van der Waals surface area (Å²) in [4.78, 5) is 50.2. The number of nitrogens with zero attached hydrogens (tertiary/aromatic N) is 1. The number of ether oxygens (including phenoxy) is 4. The summed E-state index contributed by atoms with van der Waals surface area (Å²) in [5.41, 5.74) is 0. The van der Waals surface area contributed by atoms with Crippen LogP contribution in [0.1, 0.15) is 47.5 Å². The Balaban J connectivity index is 2.48. The number of rotatable bonds is 12. The standard InChI is InChI=1S/C21H36N2O8S/c1-15(2)18(25)30-14-31-20(27)32-21(4,5)17(22-16(3)24)19(26)29-11-7-6-8-23-9-12-28-13-10-23/h15,17H,6-14H2,1-5H3,(H,22,24)/t17-/m0/s1. The van der Waals surface area contributed by atoms with Crippen molar-refractivity contribution < 1.29 is 38.1 Å². The Labute approximate surface area is 194 Å². The van der Waals surface area contributed by atoms with Crippen LogP contribution < -0.4 is 5.32 Å². The normalized spacial score (nSPS) is 15.7. The highest BCUT2D eigenvalue weighted by Crippen LogP contribution is 2.31. The lowest BCUT2D eigenvalue weighted by Crippen LogP contribution is -2.53. The number of esters is 2. The van der Waals surface area contributed by atoms with E-state index in [9.17, 15) is 19.2 Å². The molecule has 0 aliphatic carbocycles. The predicted octanol–water partition coefficient (Wildman–Crippen LogP) is 1.95. The molecular weight excluding hydrogens is 440 g/mol.